The number of carbonyl (C=O) groups is 1. The van der Waals surface area contributed by atoms with Gasteiger partial charge in [0.05, 0.1) is 17.9 Å². The van der Waals surface area contributed by atoms with Crippen molar-refractivity contribution >= 4 is 22.7 Å². The molecule has 2 aromatic rings. The van der Waals surface area contributed by atoms with Crippen LogP contribution in [0.25, 0.3) is 0 Å². The number of hydrogen-bond donors (Lipinski definition) is 1. The Labute approximate surface area is 196 Å². The molecule has 1 aliphatic carbocycles. The first-order valence-electron chi connectivity index (χ1n) is 10.4. The van der Waals surface area contributed by atoms with Crippen molar-refractivity contribution < 1.29 is 31.5 Å². The van der Waals surface area contributed by atoms with Gasteiger partial charge in [-0.1, -0.05) is 18.7 Å². The third-order valence-electron chi connectivity index (χ3n) is 6.25. The fourth-order valence-corrected chi connectivity index (χ4v) is 5.86. The van der Waals surface area contributed by atoms with E-state index in [1.807, 2.05) is 6.92 Å². The zero-order valence-corrected chi connectivity index (χ0v) is 19.1. The highest BCUT2D eigenvalue weighted by molar-refractivity contribution is 8.15. The maximum atomic E-state index is 14.9. The van der Waals surface area contributed by atoms with E-state index in [9.17, 15) is 26.7 Å². The summed E-state index contributed by atoms with van der Waals surface area (Å²) in [5.41, 5.74) is 5.02. The summed E-state index contributed by atoms with van der Waals surface area (Å²) >= 11 is 1.46. The summed E-state index contributed by atoms with van der Waals surface area (Å²) in [4.78, 5) is 24.5. The monoisotopic (exact) mass is 500 g/mol. The maximum absolute atomic E-state index is 14.9. The maximum Gasteiger partial charge on any atom is 0.422 e. The first-order chi connectivity index (χ1) is 15.9. The number of aromatic nitrogens is 2. The Hall–Kier alpha value is -2.76. The van der Waals surface area contributed by atoms with Crippen LogP contribution in [0, 0.1) is 17.6 Å². The third kappa shape index (κ3) is 4.59. The molecule has 12 heteroatoms. The van der Waals surface area contributed by atoms with Crippen LogP contribution in [0.4, 0.5) is 22.0 Å². The van der Waals surface area contributed by atoms with Crippen molar-refractivity contribution in [2.75, 3.05) is 6.61 Å². The van der Waals surface area contributed by atoms with Crippen LogP contribution in [0.2, 0.25) is 0 Å². The van der Waals surface area contributed by atoms with Crippen molar-refractivity contribution in [1.29, 1.82) is 0 Å². The Morgan fingerprint density at radius 3 is 2.62 bits per heavy atom. The van der Waals surface area contributed by atoms with Crippen LogP contribution in [0.1, 0.15) is 48.3 Å². The van der Waals surface area contributed by atoms with E-state index in [0.29, 0.717) is 5.17 Å². The van der Waals surface area contributed by atoms with Crippen LogP contribution in [0.15, 0.2) is 29.5 Å². The first-order valence-corrected chi connectivity index (χ1v) is 11.3. The molecule has 3 atom stereocenters. The fourth-order valence-electron chi connectivity index (χ4n) is 4.44. The molecule has 1 saturated carbocycles. The second-order valence-corrected chi connectivity index (χ2v) is 9.99. The number of carbonyl (C=O) groups excluding carboxylic acids is 1. The van der Waals surface area contributed by atoms with Crippen LogP contribution < -0.4 is 10.5 Å². The van der Waals surface area contributed by atoms with E-state index >= 15 is 0 Å². The average Bonchev–Trinajstić information content (AvgIpc) is 3.50. The Bertz CT molecular complexity index is 1160. The fraction of sp³-hybridized carbons (Fsp3) is 0.455. The minimum absolute atomic E-state index is 0.0286. The van der Waals surface area contributed by atoms with Crippen molar-refractivity contribution in [3.05, 3.63) is 53.0 Å². The topological polar surface area (TPSA) is 90.5 Å². The van der Waals surface area contributed by atoms with E-state index < -0.39 is 41.6 Å². The number of nitrogens with zero attached hydrogens (tertiary/aromatic N) is 3. The number of ether oxygens (including phenoxy) is 1. The van der Waals surface area contributed by atoms with E-state index in [1.165, 1.54) is 17.8 Å². The molecule has 2 N–H and O–H groups in total. The number of amidine groups is 1. The van der Waals surface area contributed by atoms with Crippen LogP contribution >= 0.6 is 11.8 Å². The van der Waals surface area contributed by atoms with Gasteiger partial charge in [-0.05, 0) is 37.5 Å². The summed E-state index contributed by atoms with van der Waals surface area (Å²) < 4.78 is 70.5. The molecule has 1 aliphatic heterocycles. The number of thioether (sulfide) groups is 1. The highest BCUT2D eigenvalue weighted by atomic mass is 32.2. The lowest BCUT2D eigenvalue weighted by molar-refractivity contribution is -0.154. The van der Waals surface area contributed by atoms with Crippen LogP contribution in [0.3, 0.4) is 0 Å². The van der Waals surface area contributed by atoms with E-state index in [1.54, 1.807) is 6.92 Å². The third-order valence-corrected chi connectivity index (χ3v) is 7.69. The average molecular weight is 500 g/mol. The molecule has 0 unspecified atom stereocenters. The molecule has 0 spiro atoms. The lowest BCUT2D eigenvalue weighted by atomic mass is 9.84. The smallest absolute Gasteiger partial charge is 0.422 e. The van der Waals surface area contributed by atoms with Crippen molar-refractivity contribution in [3.63, 3.8) is 0 Å². The molecular formula is C22H21F5N4O2S. The number of nitrogens with two attached hydrogens (primary N) is 1. The molecule has 1 fully saturated rings. The number of Topliss-reactive ketones (excluding diaryl/α,β-unsaturated/α-hetero) is 1. The lowest BCUT2D eigenvalue weighted by Crippen LogP contribution is -2.36. The Morgan fingerprint density at radius 1 is 1.26 bits per heavy atom. The van der Waals surface area contributed by atoms with Crippen molar-refractivity contribution in [3.8, 4) is 5.88 Å². The van der Waals surface area contributed by atoms with Gasteiger partial charge in [0.2, 0.25) is 5.88 Å². The molecule has 4 rings (SSSR count). The number of fused-ring (bicyclic) bond motifs is 1. The molecule has 182 valence electrons. The minimum atomic E-state index is -4.54. The molecule has 2 aliphatic rings. The quantitative estimate of drug-likeness (QED) is 0.443. The molecule has 2 heterocycles. The largest absolute Gasteiger partial charge is 0.467 e. The van der Waals surface area contributed by atoms with E-state index in [0.717, 1.165) is 31.3 Å². The van der Waals surface area contributed by atoms with Gasteiger partial charge in [0.15, 0.2) is 29.2 Å². The first kappa shape index (κ1) is 24.4. The van der Waals surface area contributed by atoms with Gasteiger partial charge < -0.3 is 10.5 Å². The summed E-state index contributed by atoms with van der Waals surface area (Å²) in [6.07, 6.45) is -1.44. The Balaban J connectivity index is 1.56. The number of hydrogen-bond acceptors (Lipinski definition) is 7. The number of alkyl halides is 3. The molecule has 0 bridgehead atoms. The van der Waals surface area contributed by atoms with Crippen LogP contribution in [0.5, 0.6) is 5.88 Å². The van der Waals surface area contributed by atoms with Gasteiger partial charge in [-0.2, -0.15) is 13.2 Å². The number of benzene rings is 1. The normalized spacial score (nSPS) is 26.0. The number of rotatable bonds is 7. The van der Waals surface area contributed by atoms with Crippen molar-refractivity contribution in [2.24, 2.45) is 16.6 Å². The second-order valence-electron chi connectivity index (χ2n) is 8.56. The van der Waals surface area contributed by atoms with Crippen LogP contribution in [-0.2, 0) is 12.0 Å². The summed E-state index contributed by atoms with van der Waals surface area (Å²) in [5.74, 6) is -3.15. The summed E-state index contributed by atoms with van der Waals surface area (Å²) in [6, 6.07) is 2.34. The summed E-state index contributed by atoms with van der Waals surface area (Å²) in [7, 11) is 0. The van der Waals surface area contributed by atoms with Crippen molar-refractivity contribution in [1.82, 2.24) is 9.97 Å². The van der Waals surface area contributed by atoms with Gasteiger partial charge in [0, 0.05) is 22.6 Å². The van der Waals surface area contributed by atoms with Gasteiger partial charge in [0.25, 0.3) is 0 Å². The van der Waals surface area contributed by atoms with Gasteiger partial charge in [-0.25, -0.2) is 18.7 Å². The second kappa shape index (κ2) is 8.47. The van der Waals surface area contributed by atoms with E-state index in [2.05, 4.69) is 19.7 Å². The molecule has 34 heavy (non-hydrogen) atoms. The van der Waals surface area contributed by atoms with Gasteiger partial charge in [0.1, 0.15) is 5.69 Å². The SMILES string of the molecule is CC[C@]12C[C@H]1[C@@](C)(c1cc(CC(=O)c3cnc(OCC(F)(F)F)cn3)cc(F)c1F)N=C(N)S2. The summed E-state index contributed by atoms with van der Waals surface area (Å²) in [6.45, 7) is 2.19. The molecule has 1 aromatic heterocycles. The summed E-state index contributed by atoms with van der Waals surface area (Å²) in [5, 5.41) is 0.308. The number of ketones is 1. The predicted octanol–water partition coefficient (Wildman–Crippen LogP) is 4.57. The van der Waals surface area contributed by atoms with E-state index in [-0.39, 0.29) is 33.9 Å². The molecule has 1 aromatic carbocycles. The molecule has 0 radical (unpaired) electrons. The number of aliphatic imine (C=N–C) groups is 1. The van der Waals surface area contributed by atoms with Crippen molar-refractivity contribution in [2.45, 2.75) is 49.6 Å². The lowest BCUT2D eigenvalue weighted by Gasteiger charge is -2.34. The highest BCUT2D eigenvalue weighted by Crippen LogP contribution is 2.67. The van der Waals surface area contributed by atoms with Crippen LogP contribution in [-0.4, -0.2) is 38.4 Å². The van der Waals surface area contributed by atoms with Gasteiger partial charge in [-0.15, -0.1) is 0 Å². The standard InChI is InChI=1S/C22H21F5N4O2S/c1-3-21-7-16(21)20(2,31-19(28)34-21)12-4-11(5-13(23)18(12)24)6-15(32)14-8-30-17(9-29-14)33-10-22(25,26)27/h4-5,8-9,16H,3,6-7,10H2,1-2H3,(H2,28,31)/t16-,20+,21-/m0/s1. The van der Waals surface area contributed by atoms with Gasteiger partial charge >= 0.3 is 6.18 Å². The zero-order valence-electron chi connectivity index (χ0n) is 18.2. The zero-order chi connectivity index (χ0) is 24.9. The molecule has 6 nitrogen and oxygen atoms in total. The highest BCUT2D eigenvalue weighted by Gasteiger charge is 2.65. The number of halogens is 5. The van der Waals surface area contributed by atoms with Gasteiger partial charge in [-0.3, -0.25) is 9.79 Å². The minimum Gasteiger partial charge on any atom is -0.467 e. The Kier molecular flexibility index (Phi) is 6.07. The predicted molar refractivity (Wildman–Crippen MR) is 116 cm³/mol. The molecular weight excluding hydrogens is 479 g/mol. The molecule has 0 saturated heterocycles. The molecule has 0 amide bonds. The Morgan fingerprint density at radius 2 is 2.00 bits per heavy atom. The van der Waals surface area contributed by atoms with E-state index in [4.69, 9.17) is 5.73 Å².